The summed E-state index contributed by atoms with van der Waals surface area (Å²) in [5, 5.41) is 15.9. The molecule has 1 unspecified atom stereocenters. The highest BCUT2D eigenvalue weighted by Gasteiger charge is 2.26. The third-order valence-corrected chi connectivity index (χ3v) is 4.12. The number of amides is 1. The highest BCUT2D eigenvalue weighted by atomic mass is 16.4. The minimum Gasteiger partial charge on any atom is -0.480 e. The number of aliphatic carboxylic acids is 1. The monoisotopic (exact) mass is 279 g/mol. The molecule has 1 aliphatic carbocycles. The molecule has 0 saturated heterocycles. The average molecular weight is 279 g/mol. The lowest BCUT2D eigenvalue weighted by Gasteiger charge is -2.20. The maximum absolute atomic E-state index is 12.2. The van der Waals surface area contributed by atoms with Crippen molar-refractivity contribution in [3.63, 3.8) is 0 Å². The SMILES string of the molecule is CC(C(=O)O)N(C)C(=O)c1cc(C2CCCCC2)[nH]n1. The van der Waals surface area contributed by atoms with Gasteiger partial charge in [-0.3, -0.25) is 9.89 Å². The fraction of sp³-hybridized carbons (Fsp3) is 0.643. The molecule has 20 heavy (non-hydrogen) atoms. The number of aromatic nitrogens is 2. The maximum Gasteiger partial charge on any atom is 0.326 e. The van der Waals surface area contributed by atoms with Crippen LogP contribution in [0.2, 0.25) is 0 Å². The van der Waals surface area contributed by atoms with Gasteiger partial charge in [0.2, 0.25) is 0 Å². The molecular formula is C14H21N3O3. The predicted octanol–water partition coefficient (Wildman–Crippen LogP) is 2.00. The standard InChI is InChI=1S/C14H21N3O3/c1-9(14(19)20)17(2)13(18)12-8-11(15-16-12)10-6-4-3-5-7-10/h8-10H,3-7H2,1-2H3,(H,15,16)(H,19,20). The normalized spacial score (nSPS) is 17.7. The number of aromatic amines is 1. The fourth-order valence-corrected chi connectivity index (χ4v) is 2.59. The molecule has 0 radical (unpaired) electrons. The van der Waals surface area contributed by atoms with Crippen LogP contribution in [0.15, 0.2) is 6.07 Å². The van der Waals surface area contributed by atoms with Crippen molar-refractivity contribution in [3.8, 4) is 0 Å². The number of nitrogens with one attached hydrogen (secondary N) is 1. The lowest BCUT2D eigenvalue weighted by atomic mass is 9.87. The first kappa shape index (κ1) is 14.6. The first-order chi connectivity index (χ1) is 9.50. The summed E-state index contributed by atoms with van der Waals surface area (Å²) in [6.07, 6.45) is 5.94. The van der Waals surface area contributed by atoms with E-state index in [0.29, 0.717) is 11.6 Å². The zero-order valence-electron chi connectivity index (χ0n) is 11.9. The van der Waals surface area contributed by atoms with Crippen molar-refractivity contribution in [1.29, 1.82) is 0 Å². The van der Waals surface area contributed by atoms with Gasteiger partial charge in [0, 0.05) is 18.7 Å². The molecule has 1 saturated carbocycles. The summed E-state index contributed by atoms with van der Waals surface area (Å²) in [5.74, 6) is -0.942. The minimum atomic E-state index is -1.02. The zero-order valence-corrected chi connectivity index (χ0v) is 11.9. The number of carbonyl (C=O) groups excluding carboxylic acids is 1. The molecule has 2 N–H and O–H groups in total. The largest absolute Gasteiger partial charge is 0.480 e. The molecule has 1 heterocycles. The Hall–Kier alpha value is -1.85. The topological polar surface area (TPSA) is 86.3 Å². The van der Waals surface area contributed by atoms with Crippen molar-refractivity contribution < 1.29 is 14.7 Å². The van der Waals surface area contributed by atoms with Crippen LogP contribution in [0.5, 0.6) is 0 Å². The lowest BCUT2D eigenvalue weighted by Crippen LogP contribution is -2.40. The van der Waals surface area contributed by atoms with Crippen LogP contribution in [-0.2, 0) is 4.79 Å². The fourth-order valence-electron chi connectivity index (χ4n) is 2.59. The van der Waals surface area contributed by atoms with Crippen LogP contribution < -0.4 is 0 Å². The summed E-state index contributed by atoms with van der Waals surface area (Å²) in [7, 11) is 1.48. The Kier molecular flexibility index (Phi) is 4.42. The Balaban J connectivity index is 2.07. The lowest BCUT2D eigenvalue weighted by molar-refractivity contribution is -0.141. The second kappa shape index (κ2) is 6.07. The van der Waals surface area contributed by atoms with Crippen LogP contribution in [0, 0.1) is 0 Å². The van der Waals surface area contributed by atoms with Crippen LogP contribution in [0.4, 0.5) is 0 Å². The van der Waals surface area contributed by atoms with Crippen molar-refractivity contribution in [1.82, 2.24) is 15.1 Å². The maximum atomic E-state index is 12.2. The molecule has 1 amide bonds. The molecule has 2 rings (SSSR count). The van der Waals surface area contributed by atoms with Crippen molar-refractivity contribution in [2.45, 2.75) is 51.0 Å². The van der Waals surface area contributed by atoms with Crippen LogP contribution in [0.25, 0.3) is 0 Å². The summed E-state index contributed by atoms with van der Waals surface area (Å²) >= 11 is 0. The van der Waals surface area contributed by atoms with Crippen LogP contribution in [-0.4, -0.2) is 45.2 Å². The number of likely N-dealkylation sites (N-methyl/N-ethyl adjacent to an activating group) is 1. The van der Waals surface area contributed by atoms with E-state index in [1.807, 2.05) is 0 Å². The van der Waals surface area contributed by atoms with E-state index in [0.717, 1.165) is 18.5 Å². The van der Waals surface area contributed by atoms with Crippen LogP contribution in [0.3, 0.4) is 0 Å². The zero-order chi connectivity index (χ0) is 14.7. The summed E-state index contributed by atoms with van der Waals surface area (Å²) in [6.45, 7) is 1.48. The smallest absolute Gasteiger partial charge is 0.326 e. The summed E-state index contributed by atoms with van der Waals surface area (Å²) in [5.41, 5.74) is 1.28. The second-order valence-electron chi connectivity index (χ2n) is 5.47. The van der Waals surface area contributed by atoms with E-state index < -0.39 is 12.0 Å². The molecule has 0 aromatic carbocycles. The Bertz CT molecular complexity index is 492. The number of carboxylic acids is 1. The first-order valence-corrected chi connectivity index (χ1v) is 7.06. The molecule has 0 aliphatic heterocycles. The highest BCUT2D eigenvalue weighted by Crippen LogP contribution is 2.31. The molecule has 6 nitrogen and oxygen atoms in total. The molecule has 0 bridgehead atoms. The third kappa shape index (κ3) is 3.00. The van der Waals surface area contributed by atoms with Gasteiger partial charge in [0.1, 0.15) is 11.7 Å². The number of hydrogen-bond donors (Lipinski definition) is 2. The van der Waals surface area contributed by atoms with Gasteiger partial charge in [-0.2, -0.15) is 5.10 Å². The molecule has 6 heteroatoms. The first-order valence-electron chi connectivity index (χ1n) is 7.06. The molecule has 1 aromatic rings. The number of rotatable bonds is 4. The minimum absolute atomic E-state index is 0.293. The molecule has 0 spiro atoms. The van der Waals surface area contributed by atoms with Gasteiger partial charge in [0.05, 0.1) is 0 Å². The summed E-state index contributed by atoms with van der Waals surface area (Å²) in [4.78, 5) is 24.3. The van der Waals surface area contributed by atoms with Gasteiger partial charge in [0.25, 0.3) is 5.91 Å². The average Bonchev–Trinajstić information content (AvgIpc) is 2.95. The quantitative estimate of drug-likeness (QED) is 0.882. The van der Waals surface area contributed by atoms with Gasteiger partial charge in [0.15, 0.2) is 0 Å². The van der Waals surface area contributed by atoms with Gasteiger partial charge < -0.3 is 10.0 Å². The van der Waals surface area contributed by atoms with E-state index in [1.54, 1.807) is 6.07 Å². The molecule has 1 aromatic heterocycles. The van der Waals surface area contributed by atoms with Crippen LogP contribution >= 0.6 is 0 Å². The number of nitrogens with zero attached hydrogens (tertiary/aromatic N) is 2. The second-order valence-corrected chi connectivity index (χ2v) is 5.47. The van der Waals surface area contributed by atoms with Crippen molar-refractivity contribution in [2.24, 2.45) is 0 Å². The van der Waals surface area contributed by atoms with Crippen molar-refractivity contribution >= 4 is 11.9 Å². The third-order valence-electron chi connectivity index (χ3n) is 4.12. The van der Waals surface area contributed by atoms with Gasteiger partial charge >= 0.3 is 5.97 Å². The van der Waals surface area contributed by atoms with Gasteiger partial charge in [-0.05, 0) is 25.8 Å². The molecule has 1 atom stereocenters. The number of hydrogen-bond acceptors (Lipinski definition) is 3. The van der Waals surface area contributed by atoms with E-state index in [9.17, 15) is 9.59 Å². The van der Waals surface area contributed by atoms with Crippen molar-refractivity contribution in [2.75, 3.05) is 7.05 Å². The summed E-state index contributed by atoms with van der Waals surface area (Å²) in [6, 6.07) is 0.904. The predicted molar refractivity (Wildman–Crippen MR) is 73.6 cm³/mol. The highest BCUT2D eigenvalue weighted by molar-refractivity contribution is 5.94. The van der Waals surface area contributed by atoms with E-state index in [4.69, 9.17) is 5.11 Å². The van der Waals surface area contributed by atoms with Crippen molar-refractivity contribution in [3.05, 3.63) is 17.5 Å². The van der Waals surface area contributed by atoms with Gasteiger partial charge in [-0.15, -0.1) is 0 Å². The van der Waals surface area contributed by atoms with E-state index in [2.05, 4.69) is 10.2 Å². The molecule has 110 valence electrons. The Labute approximate surface area is 118 Å². The number of carbonyl (C=O) groups is 2. The molecule has 1 fully saturated rings. The Morgan fingerprint density at radius 3 is 2.65 bits per heavy atom. The van der Waals surface area contributed by atoms with Gasteiger partial charge in [-0.25, -0.2) is 4.79 Å². The van der Waals surface area contributed by atoms with Crippen LogP contribution in [0.1, 0.15) is 61.1 Å². The van der Waals surface area contributed by atoms with E-state index >= 15 is 0 Å². The number of carboxylic acid groups (broad SMARTS) is 1. The summed E-state index contributed by atoms with van der Waals surface area (Å²) < 4.78 is 0. The van der Waals surface area contributed by atoms with E-state index in [-0.39, 0.29) is 5.91 Å². The molecular weight excluding hydrogens is 258 g/mol. The van der Waals surface area contributed by atoms with Gasteiger partial charge in [-0.1, -0.05) is 19.3 Å². The number of H-pyrrole nitrogens is 1. The Morgan fingerprint density at radius 2 is 2.05 bits per heavy atom. The Morgan fingerprint density at radius 1 is 1.40 bits per heavy atom. The van der Waals surface area contributed by atoms with E-state index in [1.165, 1.54) is 38.1 Å². The molecule has 1 aliphatic rings.